The lowest BCUT2D eigenvalue weighted by Crippen LogP contribution is -2.20. The van der Waals surface area contributed by atoms with E-state index in [2.05, 4.69) is 15.5 Å². The molecule has 0 fully saturated rings. The van der Waals surface area contributed by atoms with Gasteiger partial charge in [0.05, 0.1) is 0 Å². The normalized spacial score (nSPS) is 12.7. The zero-order valence-electron chi connectivity index (χ0n) is 16.2. The minimum atomic E-state index is -0.274. The summed E-state index contributed by atoms with van der Waals surface area (Å²) in [4.78, 5) is 16.5. The standard InChI is InChI=1S/C21H21N3O5/c1-13(2)20-23-21(29-24-20)14-3-6-16(7-4-14)28-12-19(25)22-15-5-8-17-18(11-15)27-10-9-26-17/h3-8,11,13H,9-10,12H2,1-2H3,(H,22,25). The predicted molar refractivity (Wildman–Crippen MR) is 105 cm³/mol. The van der Waals surface area contributed by atoms with Crippen LogP contribution in [-0.2, 0) is 4.79 Å². The van der Waals surface area contributed by atoms with Crippen LogP contribution in [0.25, 0.3) is 11.5 Å². The van der Waals surface area contributed by atoms with Crippen molar-refractivity contribution < 1.29 is 23.5 Å². The minimum absolute atomic E-state index is 0.119. The molecule has 0 aliphatic carbocycles. The van der Waals surface area contributed by atoms with E-state index in [1.54, 1.807) is 30.3 Å². The Morgan fingerprint density at radius 1 is 1.10 bits per heavy atom. The Bertz CT molecular complexity index is 998. The molecule has 0 spiro atoms. The molecule has 0 saturated carbocycles. The third-order valence-electron chi connectivity index (χ3n) is 4.26. The summed E-state index contributed by atoms with van der Waals surface area (Å²) in [7, 11) is 0. The highest BCUT2D eigenvalue weighted by atomic mass is 16.6. The molecule has 8 heteroatoms. The number of hydrogen-bond acceptors (Lipinski definition) is 7. The van der Waals surface area contributed by atoms with Gasteiger partial charge < -0.3 is 24.1 Å². The number of aromatic nitrogens is 2. The van der Waals surface area contributed by atoms with Gasteiger partial charge in [0.15, 0.2) is 23.9 Å². The van der Waals surface area contributed by atoms with Gasteiger partial charge in [-0.25, -0.2) is 0 Å². The average Bonchev–Trinajstić information content (AvgIpc) is 3.23. The molecule has 3 aromatic rings. The first kappa shape index (κ1) is 18.8. The first-order valence-corrected chi connectivity index (χ1v) is 9.35. The second kappa shape index (κ2) is 8.22. The van der Waals surface area contributed by atoms with Gasteiger partial charge in [-0.3, -0.25) is 4.79 Å². The van der Waals surface area contributed by atoms with E-state index in [0.29, 0.717) is 47.9 Å². The SMILES string of the molecule is CC(C)c1noc(-c2ccc(OCC(=O)Nc3ccc4c(c3)OCCO4)cc2)n1. The van der Waals surface area contributed by atoms with Gasteiger partial charge in [-0.15, -0.1) is 0 Å². The van der Waals surface area contributed by atoms with Crippen LogP contribution in [0.15, 0.2) is 47.0 Å². The Morgan fingerprint density at radius 3 is 2.59 bits per heavy atom. The molecule has 2 heterocycles. The number of hydrogen-bond donors (Lipinski definition) is 1. The van der Waals surface area contributed by atoms with Gasteiger partial charge in [0.2, 0.25) is 0 Å². The van der Waals surface area contributed by atoms with Crippen LogP contribution in [0.3, 0.4) is 0 Å². The number of carbonyl (C=O) groups excluding carboxylic acids is 1. The van der Waals surface area contributed by atoms with Gasteiger partial charge in [0.25, 0.3) is 11.8 Å². The molecule has 0 saturated heterocycles. The van der Waals surface area contributed by atoms with Crippen molar-refractivity contribution in [2.75, 3.05) is 25.1 Å². The van der Waals surface area contributed by atoms with Gasteiger partial charge in [-0.1, -0.05) is 19.0 Å². The predicted octanol–water partition coefficient (Wildman–Crippen LogP) is 3.65. The molecule has 1 aliphatic rings. The van der Waals surface area contributed by atoms with Crippen LogP contribution in [-0.4, -0.2) is 35.9 Å². The zero-order chi connectivity index (χ0) is 20.2. The lowest BCUT2D eigenvalue weighted by atomic mass is 10.2. The third-order valence-corrected chi connectivity index (χ3v) is 4.26. The van der Waals surface area contributed by atoms with E-state index < -0.39 is 0 Å². The number of ether oxygens (including phenoxy) is 3. The van der Waals surface area contributed by atoms with E-state index in [-0.39, 0.29) is 18.4 Å². The summed E-state index contributed by atoms with van der Waals surface area (Å²) in [6, 6.07) is 12.4. The molecule has 0 radical (unpaired) electrons. The van der Waals surface area contributed by atoms with Crippen LogP contribution in [0.1, 0.15) is 25.6 Å². The number of fused-ring (bicyclic) bond motifs is 1. The number of nitrogens with one attached hydrogen (secondary N) is 1. The first-order chi connectivity index (χ1) is 14.1. The summed E-state index contributed by atoms with van der Waals surface area (Å²) in [5.74, 6) is 2.90. The third kappa shape index (κ3) is 4.48. The lowest BCUT2D eigenvalue weighted by Gasteiger charge is -2.19. The van der Waals surface area contributed by atoms with Crippen molar-refractivity contribution in [2.24, 2.45) is 0 Å². The minimum Gasteiger partial charge on any atom is -0.486 e. The summed E-state index contributed by atoms with van der Waals surface area (Å²) in [5, 5.41) is 6.73. The Kier molecular flexibility index (Phi) is 5.33. The van der Waals surface area contributed by atoms with Crippen molar-refractivity contribution in [1.82, 2.24) is 10.1 Å². The van der Waals surface area contributed by atoms with E-state index in [0.717, 1.165) is 5.56 Å². The van der Waals surface area contributed by atoms with Crippen molar-refractivity contribution in [3.05, 3.63) is 48.3 Å². The second-order valence-corrected chi connectivity index (χ2v) is 6.83. The highest BCUT2D eigenvalue weighted by Crippen LogP contribution is 2.32. The number of carbonyl (C=O) groups is 1. The Balaban J connectivity index is 1.32. The molecule has 0 unspecified atom stereocenters. The summed E-state index contributed by atoms with van der Waals surface area (Å²) in [5.41, 5.74) is 1.41. The molecule has 0 bridgehead atoms. The summed E-state index contributed by atoms with van der Waals surface area (Å²) >= 11 is 0. The van der Waals surface area contributed by atoms with E-state index in [1.165, 1.54) is 0 Å². The number of anilines is 1. The van der Waals surface area contributed by atoms with Crippen LogP contribution in [0.2, 0.25) is 0 Å². The molecule has 1 aromatic heterocycles. The van der Waals surface area contributed by atoms with Crippen LogP contribution in [0.4, 0.5) is 5.69 Å². The van der Waals surface area contributed by atoms with Gasteiger partial charge in [-0.05, 0) is 36.4 Å². The zero-order valence-corrected chi connectivity index (χ0v) is 16.2. The topological polar surface area (TPSA) is 95.7 Å². The van der Waals surface area contributed by atoms with E-state index in [4.69, 9.17) is 18.7 Å². The smallest absolute Gasteiger partial charge is 0.262 e. The maximum absolute atomic E-state index is 12.2. The monoisotopic (exact) mass is 395 g/mol. The molecule has 2 aromatic carbocycles. The lowest BCUT2D eigenvalue weighted by molar-refractivity contribution is -0.118. The fraction of sp³-hybridized carbons (Fsp3) is 0.286. The van der Waals surface area contributed by atoms with Gasteiger partial charge in [0, 0.05) is 23.2 Å². The molecule has 1 aliphatic heterocycles. The molecular formula is C21H21N3O5. The number of rotatable bonds is 6. The fourth-order valence-electron chi connectivity index (χ4n) is 2.75. The molecule has 0 atom stereocenters. The number of nitrogens with zero attached hydrogens (tertiary/aromatic N) is 2. The first-order valence-electron chi connectivity index (χ1n) is 9.35. The Labute approximate surface area is 167 Å². The Morgan fingerprint density at radius 2 is 1.86 bits per heavy atom. The fourth-order valence-corrected chi connectivity index (χ4v) is 2.75. The Hall–Kier alpha value is -3.55. The molecule has 1 amide bonds. The van der Waals surface area contributed by atoms with Crippen molar-refractivity contribution in [3.63, 3.8) is 0 Å². The summed E-state index contributed by atoms with van der Waals surface area (Å²) in [6.07, 6.45) is 0. The van der Waals surface area contributed by atoms with Crippen LogP contribution in [0.5, 0.6) is 17.2 Å². The maximum atomic E-state index is 12.2. The number of amides is 1. The molecule has 1 N–H and O–H groups in total. The van der Waals surface area contributed by atoms with Crippen LogP contribution in [0, 0.1) is 0 Å². The quantitative estimate of drug-likeness (QED) is 0.680. The van der Waals surface area contributed by atoms with Crippen molar-refractivity contribution >= 4 is 11.6 Å². The molecule has 4 rings (SSSR count). The van der Waals surface area contributed by atoms with Crippen LogP contribution >= 0.6 is 0 Å². The summed E-state index contributed by atoms with van der Waals surface area (Å²) in [6.45, 7) is 4.90. The molecule has 8 nitrogen and oxygen atoms in total. The highest BCUT2D eigenvalue weighted by Gasteiger charge is 2.14. The second-order valence-electron chi connectivity index (χ2n) is 6.83. The average molecular weight is 395 g/mol. The highest BCUT2D eigenvalue weighted by molar-refractivity contribution is 5.92. The van der Waals surface area contributed by atoms with E-state index >= 15 is 0 Å². The van der Waals surface area contributed by atoms with Gasteiger partial charge >= 0.3 is 0 Å². The van der Waals surface area contributed by atoms with Crippen molar-refractivity contribution in [3.8, 4) is 28.7 Å². The molecular weight excluding hydrogens is 374 g/mol. The van der Waals surface area contributed by atoms with E-state index in [9.17, 15) is 4.79 Å². The maximum Gasteiger partial charge on any atom is 0.262 e. The van der Waals surface area contributed by atoms with Crippen molar-refractivity contribution in [1.29, 1.82) is 0 Å². The molecule has 150 valence electrons. The van der Waals surface area contributed by atoms with Gasteiger partial charge in [-0.2, -0.15) is 4.98 Å². The van der Waals surface area contributed by atoms with E-state index in [1.807, 2.05) is 26.0 Å². The summed E-state index contributed by atoms with van der Waals surface area (Å²) < 4.78 is 21.8. The number of benzene rings is 2. The van der Waals surface area contributed by atoms with Crippen molar-refractivity contribution in [2.45, 2.75) is 19.8 Å². The van der Waals surface area contributed by atoms with Crippen LogP contribution < -0.4 is 19.5 Å². The largest absolute Gasteiger partial charge is 0.486 e. The molecule has 29 heavy (non-hydrogen) atoms. The van der Waals surface area contributed by atoms with Gasteiger partial charge in [0.1, 0.15) is 19.0 Å².